The van der Waals surface area contributed by atoms with Gasteiger partial charge in [-0.2, -0.15) is 0 Å². The highest BCUT2D eigenvalue weighted by Gasteiger charge is 2.15. The van der Waals surface area contributed by atoms with Crippen LogP contribution in [0.2, 0.25) is 0 Å². The third-order valence-electron chi connectivity index (χ3n) is 3.21. The first-order valence-corrected chi connectivity index (χ1v) is 6.60. The summed E-state index contributed by atoms with van der Waals surface area (Å²) in [5, 5.41) is 23.2. The Morgan fingerprint density at radius 3 is 2.47 bits per heavy atom. The predicted octanol–water partition coefficient (Wildman–Crippen LogP) is 1.05. The van der Waals surface area contributed by atoms with Crippen LogP contribution < -0.4 is 10.6 Å². The van der Waals surface area contributed by atoms with E-state index in [9.17, 15) is 9.90 Å². The van der Waals surface area contributed by atoms with Crippen molar-refractivity contribution in [2.24, 2.45) is 5.92 Å². The number of aliphatic hydroxyl groups excluding tert-OH is 1. The summed E-state index contributed by atoms with van der Waals surface area (Å²) in [7, 11) is 1.54. The van der Waals surface area contributed by atoms with Crippen molar-refractivity contribution in [3.05, 3.63) is 17.8 Å². The zero-order valence-corrected chi connectivity index (χ0v) is 11.7. The molecular weight excluding hydrogens is 244 g/mol. The van der Waals surface area contributed by atoms with Gasteiger partial charge >= 0.3 is 0 Å². The quantitative estimate of drug-likeness (QED) is 0.686. The molecule has 0 aliphatic carbocycles. The molecule has 19 heavy (non-hydrogen) atoms. The summed E-state index contributed by atoms with van der Waals surface area (Å²) < 4.78 is 0. The Hall–Kier alpha value is -1.69. The summed E-state index contributed by atoms with van der Waals surface area (Å²) in [6.45, 7) is 4.56. The van der Waals surface area contributed by atoms with Crippen molar-refractivity contribution in [2.75, 3.05) is 18.9 Å². The first kappa shape index (κ1) is 15.4. The van der Waals surface area contributed by atoms with Crippen molar-refractivity contribution < 1.29 is 9.90 Å². The molecule has 1 atom stereocenters. The van der Waals surface area contributed by atoms with Crippen molar-refractivity contribution in [1.29, 1.82) is 0 Å². The van der Waals surface area contributed by atoms with E-state index in [0.29, 0.717) is 12.4 Å². The van der Waals surface area contributed by atoms with Crippen LogP contribution in [0, 0.1) is 5.92 Å². The van der Waals surface area contributed by atoms with E-state index in [-0.39, 0.29) is 17.5 Å². The van der Waals surface area contributed by atoms with Gasteiger partial charge in [-0.15, -0.1) is 10.2 Å². The molecule has 0 fully saturated rings. The standard InChI is InChI=1S/C13H22N4O2/c1-4-9(5-2)11(18)8-15-12-7-6-10(16-17-12)13(19)14-3/h6-7,9,11,18H,4-5,8H2,1-3H3,(H,14,19)(H,15,17). The highest BCUT2D eigenvalue weighted by molar-refractivity contribution is 5.91. The number of anilines is 1. The fourth-order valence-corrected chi connectivity index (χ4v) is 1.88. The van der Waals surface area contributed by atoms with Crippen molar-refractivity contribution in [3.63, 3.8) is 0 Å². The Kier molecular flexibility index (Phi) is 6.21. The fraction of sp³-hybridized carbons (Fsp3) is 0.615. The molecule has 0 aliphatic rings. The van der Waals surface area contributed by atoms with E-state index in [1.807, 2.05) is 0 Å². The lowest BCUT2D eigenvalue weighted by Crippen LogP contribution is -2.28. The van der Waals surface area contributed by atoms with Gasteiger partial charge in [-0.1, -0.05) is 26.7 Å². The molecule has 6 nitrogen and oxygen atoms in total. The molecule has 3 N–H and O–H groups in total. The summed E-state index contributed by atoms with van der Waals surface area (Å²) in [4.78, 5) is 11.3. The zero-order chi connectivity index (χ0) is 14.3. The summed E-state index contributed by atoms with van der Waals surface area (Å²) in [5.41, 5.74) is 0.272. The van der Waals surface area contributed by atoms with E-state index in [2.05, 4.69) is 34.7 Å². The van der Waals surface area contributed by atoms with Crippen LogP contribution in [0.4, 0.5) is 5.82 Å². The fourth-order valence-electron chi connectivity index (χ4n) is 1.88. The smallest absolute Gasteiger partial charge is 0.271 e. The average Bonchev–Trinajstić information content (AvgIpc) is 2.46. The molecular formula is C13H22N4O2. The number of aromatic nitrogens is 2. The Morgan fingerprint density at radius 2 is 2.00 bits per heavy atom. The number of carbonyl (C=O) groups excluding carboxylic acids is 1. The summed E-state index contributed by atoms with van der Waals surface area (Å²) in [6, 6.07) is 3.27. The molecule has 0 saturated carbocycles. The topological polar surface area (TPSA) is 87.1 Å². The van der Waals surface area contributed by atoms with E-state index in [0.717, 1.165) is 12.8 Å². The Balaban J connectivity index is 2.52. The van der Waals surface area contributed by atoms with Crippen LogP contribution in [0.3, 0.4) is 0 Å². The highest BCUT2D eigenvalue weighted by Crippen LogP contribution is 2.13. The molecule has 106 valence electrons. The van der Waals surface area contributed by atoms with Crippen molar-refractivity contribution >= 4 is 11.7 Å². The van der Waals surface area contributed by atoms with Gasteiger partial charge in [-0.25, -0.2) is 0 Å². The van der Waals surface area contributed by atoms with E-state index in [1.54, 1.807) is 19.2 Å². The summed E-state index contributed by atoms with van der Waals surface area (Å²) in [6.07, 6.45) is 1.48. The molecule has 1 unspecified atom stereocenters. The maximum atomic E-state index is 11.3. The van der Waals surface area contributed by atoms with Gasteiger partial charge in [-0.3, -0.25) is 4.79 Å². The van der Waals surface area contributed by atoms with Crippen LogP contribution in [0.25, 0.3) is 0 Å². The second-order valence-corrected chi connectivity index (χ2v) is 4.41. The molecule has 1 heterocycles. The Labute approximate surface area is 113 Å². The third-order valence-corrected chi connectivity index (χ3v) is 3.21. The molecule has 0 spiro atoms. The normalized spacial score (nSPS) is 12.3. The lowest BCUT2D eigenvalue weighted by atomic mass is 9.97. The number of carbonyl (C=O) groups is 1. The number of nitrogens with zero attached hydrogens (tertiary/aromatic N) is 2. The number of hydrogen-bond acceptors (Lipinski definition) is 5. The van der Waals surface area contributed by atoms with E-state index >= 15 is 0 Å². The molecule has 0 bridgehead atoms. The Bertz CT molecular complexity index is 390. The number of rotatable bonds is 7. The van der Waals surface area contributed by atoms with Crippen molar-refractivity contribution in [1.82, 2.24) is 15.5 Å². The minimum Gasteiger partial charge on any atom is -0.391 e. The lowest BCUT2D eigenvalue weighted by molar-refractivity contribution is 0.0957. The predicted molar refractivity (Wildman–Crippen MR) is 74.0 cm³/mol. The summed E-state index contributed by atoms with van der Waals surface area (Å²) >= 11 is 0. The van der Waals surface area contributed by atoms with E-state index in [1.165, 1.54) is 0 Å². The van der Waals surface area contributed by atoms with Gasteiger partial charge in [0.1, 0.15) is 5.82 Å². The first-order valence-electron chi connectivity index (χ1n) is 6.60. The molecule has 1 amide bonds. The zero-order valence-electron chi connectivity index (χ0n) is 11.7. The average molecular weight is 266 g/mol. The molecule has 0 radical (unpaired) electrons. The lowest BCUT2D eigenvalue weighted by Gasteiger charge is -2.20. The van der Waals surface area contributed by atoms with Crippen molar-refractivity contribution in [2.45, 2.75) is 32.8 Å². The van der Waals surface area contributed by atoms with Crippen LogP contribution in [0.15, 0.2) is 12.1 Å². The minimum absolute atomic E-state index is 0.267. The minimum atomic E-state index is -0.407. The maximum absolute atomic E-state index is 11.3. The maximum Gasteiger partial charge on any atom is 0.271 e. The number of aliphatic hydroxyl groups is 1. The van der Waals surface area contributed by atoms with Gasteiger partial charge in [0.05, 0.1) is 6.10 Å². The Morgan fingerprint density at radius 1 is 1.32 bits per heavy atom. The number of nitrogens with one attached hydrogen (secondary N) is 2. The van der Waals surface area contributed by atoms with Crippen LogP contribution in [-0.4, -0.2) is 40.9 Å². The second kappa shape index (κ2) is 7.68. The molecule has 1 rings (SSSR count). The second-order valence-electron chi connectivity index (χ2n) is 4.41. The first-order chi connectivity index (χ1) is 9.12. The molecule has 1 aromatic heterocycles. The van der Waals surface area contributed by atoms with Crippen LogP contribution >= 0.6 is 0 Å². The monoisotopic (exact) mass is 266 g/mol. The van der Waals surface area contributed by atoms with Gasteiger partial charge in [0.25, 0.3) is 5.91 Å². The molecule has 1 aromatic rings. The van der Waals surface area contributed by atoms with Crippen LogP contribution in [0.5, 0.6) is 0 Å². The van der Waals surface area contributed by atoms with E-state index < -0.39 is 6.10 Å². The van der Waals surface area contributed by atoms with Crippen molar-refractivity contribution in [3.8, 4) is 0 Å². The molecule has 6 heteroatoms. The largest absolute Gasteiger partial charge is 0.391 e. The number of hydrogen-bond donors (Lipinski definition) is 3. The molecule has 0 aromatic carbocycles. The third kappa shape index (κ3) is 4.48. The molecule has 0 saturated heterocycles. The van der Waals surface area contributed by atoms with Gasteiger partial charge in [0.15, 0.2) is 5.69 Å². The summed E-state index contributed by atoms with van der Waals surface area (Å²) in [5.74, 6) is 0.569. The van der Waals surface area contributed by atoms with Gasteiger partial charge in [0, 0.05) is 13.6 Å². The van der Waals surface area contributed by atoms with Gasteiger partial charge in [-0.05, 0) is 18.1 Å². The van der Waals surface area contributed by atoms with Crippen LogP contribution in [0.1, 0.15) is 37.2 Å². The van der Waals surface area contributed by atoms with E-state index in [4.69, 9.17) is 0 Å². The van der Waals surface area contributed by atoms with Gasteiger partial charge in [0.2, 0.25) is 0 Å². The number of amides is 1. The SMILES string of the molecule is CCC(CC)C(O)CNc1ccc(C(=O)NC)nn1. The molecule has 0 aliphatic heterocycles. The highest BCUT2D eigenvalue weighted by atomic mass is 16.3. The van der Waals surface area contributed by atoms with Gasteiger partial charge < -0.3 is 15.7 Å². The van der Waals surface area contributed by atoms with Crippen LogP contribution in [-0.2, 0) is 0 Å².